The lowest BCUT2D eigenvalue weighted by Crippen LogP contribution is -2.61. The first kappa shape index (κ1) is 13.9. The van der Waals surface area contributed by atoms with Crippen LogP contribution in [0.1, 0.15) is 52.4 Å². The Morgan fingerprint density at radius 1 is 1.14 bits per heavy atom. The zero-order valence-electron chi connectivity index (χ0n) is 12.9. The smallest absolute Gasteiger partial charge is 0.0754 e. The van der Waals surface area contributed by atoms with E-state index in [0.29, 0.717) is 10.8 Å². The van der Waals surface area contributed by atoms with Crippen molar-refractivity contribution in [2.75, 3.05) is 11.1 Å². The van der Waals surface area contributed by atoms with Gasteiger partial charge >= 0.3 is 0 Å². The molecule has 4 heteroatoms. The van der Waals surface area contributed by atoms with Gasteiger partial charge in [-0.05, 0) is 71.2 Å². The minimum Gasteiger partial charge on any atom is -0.396 e. The van der Waals surface area contributed by atoms with Gasteiger partial charge in [0.15, 0.2) is 0 Å². The maximum atomic E-state index is 6.16. The molecular weight excluding hydrogens is 326 g/mol. The van der Waals surface area contributed by atoms with Gasteiger partial charge in [-0.3, -0.25) is 4.98 Å². The molecule has 2 atom stereocenters. The van der Waals surface area contributed by atoms with Crippen LogP contribution in [0, 0.1) is 16.7 Å². The number of anilines is 2. The topological polar surface area (TPSA) is 50.9 Å². The Bertz CT molecular complexity index is 561. The first-order chi connectivity index (χ1) is 9.81. The van der Waals surface area contributed by atoms with Crippen LogP contribution in [-0.2, 0) is 0 Å². The number of halogens is 1. The Morgan fingerprint density at radius 2 is 1.81 bits per heavy atom. The van der Waals surface area contributed by atoms with E-state index in [1.807, 2.05) is 6.20 Å². The fourth-order valence-electron chi connectivity index (χ4n) is 6.43. The molecule has 4 aliphatic rings. The number of nitrogens with zero attached hydrogens (tertiary/aromatic N) is 1. The first-order valence-electron chi connectivity index (χ1n) is 7.98. The van der Waals surface area contributed by atoms with Crippen molar-refractivity contribution in [1.29, 1.82) is 0 Å². The van der Waals surface area contributed by atoms with Gasteiger partial charge in [-0.2, -0.15) is 0 Å². The summed E-state index contributed by atoms with van der Waals surface area (Å²) in [6.45, 7) is 4.99. The third-order valence-electron chi connectivity index (χ3n) is 5.95. The number of rotatable bonds is 2. The van der Waals surface area contributed by atoms with Crippen LogP contribution in [0.2, 0.25) is 0 Å². The summed E-state index contributed by atoms with van der Waals surface area (Å²) in [4.78, 5) is 4.15. The summed E-state index contributed by atoms with van der Waals surface area (Å²) >= 11 is 3.61. The minimum atomic E-state index is 0.223. The predicted octanol–water partition coefficient (Wildman–Crippen LogP) is 4.59. The molecule has 2 unspecified atom stereocenters. The van der Waals surface area contributed by atoms with Crippen molar-refractivity contribution >= 4 is 27.3 Å². The highest BCUT2D eigenvalue weighted by molar-refractivity contribution is 9.10. The molecule has 114 valence electrons. The van der Waals surface area contributed by atoms with E-state index >= 15 is 0 Å². The Morgan fingerprint density at radius 3 is 2.38 bits per heavy atom. The van der Waals surface area contributed by atoms with Crippen LogP contribution in [-0.4, -0.2) is 10.5 Å². The molecule has 0 spiro atoms. The van der Waals surface area contributed by atoms with E-state index in [0.717, 1.165) is 21.8 Å². The lowest BCUT2D eigenvalue weighted by molar-refractivity contribution is -0.0972. The average Bonchev–Trinajstić information content (AvgIpc) is 2.29. The molecule has 3 nitrogen and oxygen atoms in total. The van der Waals surface area contributed by atoms with Gasteiger partial charge in [0.2, 0.25) is 0 Å². The zero-order chi connectivity index (χ0) is 14.9. The molecule has 1 heterocycles. The molecule has 0 aliphatic heterocycles. The van der Waals surface area contributed by atoms with Crippen LogP contribution in [0.5, 0.6) is 0 Å². The molecule has 0 saturated heterocycles. The Hall–Kier alpha value is -0.770. The quantitative estimate of drug-likeness (QED) is 0.820. The van der Waals surface area contributed by atoms with Crippen molar-refractivity contribution in [3.63, 3.8) is 0 Å². The highest BCUT2D eigenvalue weighted by Crippen LogP contribution is 2.67. The number of pyridine rings is 1. The van der Waals surface area contributed by atoms with Gasteiger partial charge < -0.3 is 11.1 Å². The lowest BCUT2D eigenvalue weighted by atomic mass is 9.43. The van der Waals surface area contributed by atoms with Crippen molar-refractivity contribution < 1.29 is 0 Å². The number of nitrogen functional groups attached to an aromatic ring is 1. The zero-order valence-corrected chi connectivity index (χ0v) is 14.5. The highest BCUT2D eigenvalue weighted by atomic mass is 79.9. The summed E-state index contributed by atoms with van der Waals surface area (Å²) in [5.74, 6) is 0.880. The summed E-state index contributed by atoms with van der Waals surface area (Å²) in [5.41, 5.74) is 9.19. The fraction of sp³-hybridized carbons (Fsp3) is 0.706. The van der Waals surface area contributed by atoms with Crippen molar-refractivity contribution in [1.82, 2.24) is 4.98 Å². The van der Waals surface area contributed by atoms with E-state index in [-0.39, 0.29) is 5.54 Å². The second kappa shape index (κ2) is 4.15. The molecule has 0 radical (unpaired) electrons. The summed E-state index contributed by atoms with van der Waals surface area (Å²) in [7, 11) is 0. The van der Waals surface area contributed by atoms with Gasteiger partial charge in [0, 0.05) is 11.7 Å². The molecule has 4 bridgehead atoms. The van der Waals surface area contributed by atoms with E-state index in [4.69, 9.17) is 5.73 Å². The molecular formula is C17H24BrN3. The molecule has 1 aromatic heterocycles. The summed E-state index contributed by atoms with van der Waals surface area (Å²) in [5, 5.41) is 3.86. The van der Waals surface area contributed by atoms with Gasteiger partial charge in [0.05, 0.1) is 22.0 Å². The van der Waals surface area contributed by atoms with E-state index in [1.165, 1.54) is 38.5 Å². The van der Waals surface area contributed by atoms with E-state index in [9.17, 15) is 0 Å². The van der Waals surface area contributed by atoms with Crippen molar-refractivity contribution in [2.45, 2.75) is 57.9 Å². The molecule has 4 saturated carbocycles. The van der Waals surface area contributed by atoms with Crippen molar-refractivity contribution in [2.24, 2.45) is 16.7 Å². The Kier molecular flexibility index (Phi) is 2.74. The molecule has 5 rings (SSSR count). The van der Waals surface area contributed by atoms with Crippen LogP contribution >= 0.6 is 15.9 Å². The average molecular weight is 350 g/mol. The van der Waals surface area contributed by atoms with Crippen LogP contribution in [0.15, 0.2) is 16.9 Å². The van der Waals surface area contributed by atoms with E-state index in [2.05, 4.69) is 40.1 Å². The van der Waals surface area contributed by atoms with Crippen LogP contribution in [0.25, 0.3) is 0 Å². The monoisotopic (exact) mass is 349 g/mol. The van der Waals surface area contributed by atoms with Gasteiger partial charge in [0.25, 0.3) is 0 Å². The number of hydrogen-bond donors (Lipinski definition) is 2. The predicted molar refractivity (Wildman–Crippen MR) is 90.1 cm³/mol. The van der Waals surface area contributed by atoms with Gasteiger partial charge in [-0.25, -0.2) is 0 Å². The molecule has 1 aromatic rings. The van der Waals surface area contributed by atoms with Crippen LogP contribution < -0.4 is 11.1 Å². The molecule has 4 aliphatic carbocycles. The summed E-state index contributed by atoms with van der Waals surface area (Å²) in [6.07, 6.45) is 11.7. The number of hydrogen-bond acceptors (Lipinski definition) is 3. The molecule has 0 amide bonds. The third-order valence-corrected chi connectivity index (χ3v) is 6.55. The maximum Gasteiger partial charge on any atom is 0.0754 e. The molecule has 4 fully saturated rings. The summed E-state index contributed by atoms with van der Waals surface area (Å²) < 4.78 is 0.980. The van der Waals surface area contributed by atoms with Gasteiger partial charge in [-0.1, -0.05) is 13.8 Å². The van der Waals surface area contributed by atoms with Gasteiger partial charge in [-0.15, -0.1) is 0 Å². The second-order valence-electron chi connectivity index (χ2n) is 8.62. The van der Waals surface area contributed by atoms with Crippen LogP contribution in [0.3, 0.4) is 0 Å². The Balaban J connectivity index is 1.72. The largest absolute Gasteiger partial charge is 0.396 e. The summed E-state index contributed by atoms with van der Waals surface area (Å²) in [6, 6.07) is 0. The van der Waals surface area contributed by atoms with Crippen LogP contribution in [0.4, 0.5) is 11.4 Å². The van der Waals surface area contributed by atoms with Crippen molar-refractivity contribution in [3.05, 3.63) is 16.9 Å². The number of nitrogens with two attached hydrogens (primary N) is 1. The fourth-order valence-corrected chi connectivity index (χ4v) is 6.88. The number of aromatic nitrogens is 1. The normalized spacial score (nSPS) is 44.0. The van der Waals surface area contributed by atoms with E-state index < -0.39 is 0 Å². The molecule has 0 aromatic carbocycles. The number of nitrogens with one attached hydrogen (secondary N) is 1. The van der Waals surface area contributed by atoms with Crippen molar-refractivity contribution in [3.8, 4) is 0 Å². The third kappa shape index (κ3) is 2.18. The first-order valence-corrected chi connectivity index (χ1v) is 8.77. The second-order valence-corrected chi connectivity index (χ2v) is 9.48. The van der Waals surface area contributed by atoms with E-state index in [1.54, 1.807) is 6.20 Å². The van der Waals surface area contributed by atoms with Gasteiger partial charge in [0.1, 0.15) is 0 Å². The molecule has 21 heavy (non-hydrogen) atoms. The molecule has 3 N–H and O–H groups in total. The Labute approximate surface area is 135 Å². The highest BCUT2D eigenvalue weighted by Gasteiger charge is 2.60. The lowest BCUT2D eigenvalue weighted by Gasteiger charge is -2.65. The minimum absolute atomic E-state index is 0.223. The SMILES string of the molecule is CC12CC3CC(C)(C1)CC(Nc1c(N)cncc1Br)(C3)C2. The maximum absolute atomic E-state index is 6.16. The standard InChI is InChI=1S/C17H24BrN3/c1-15-3-11-4-16(2,8-15)10-17(5-11,9-15)21-14-12(18)6-20-7-13(14)19/h6-7,11H,3-5,8-10,19H2,1-2H3,(H,20,21).